The molecule has 0 nitrogen and oxygen atoms in total. The highest BCUT2D eigenvalue weighted by molar-refractivity contribution is 5.77. The number of rotatable bonds is 0. The van der Waals surface area contributed by atoms with Crippen LogP contribution in [0, 0.1) is 0 Å². The number of hydrogen-bond acceptors (Lipinski definition) is 0. The highest BCUT2D eigenvalue weighted by Crippen LogP contribution is 2.44. The summed E-state index contributed by atoms with van der Waals surface area (Å²) in [6.45, 7) is 2.34. The smallest absolute Gasteiger partial charge is 0.0144 e. The van der Waals surface area contributed by atoms with Crippen molar-refractivity contribution >= 4 is 5.57 Å². The van der Waals surface area contributed by atoms with Crippen molar-refractivity contribution in [2.24, 2.45) is 0 Å². The minimum Gasteiger partial charge on any atom is -0.0803 e. The molecule has 0 heteroatoms. The van der Waals surface area contributed by atoms with Crippen LogP contribution in [0.25, 0.3) is 5.57 Å². The lowest BCUT2D eigenvalue weighted by atomic mass is 9.91. The zero-order valence-electron chi connectivity index (χ0n) is 8.01. The fourth-order valence-electron chi connectivity index (χ4n) is 2.76. The van der Waals surface area contributed by atoms with Crippen LogP contribution in [-0.2, 0) is 6.42 Å². The van der Waals surface area contributed by atoms with Crippen LogP contribution in [0.3, 0.4) is 0 Å². The van der Waals surface area contributed by atoms with Crippen LogP contribution in [0.5, 0.6) is 0 Å². The Balaban J connectivity index is 2.32. The lowest BCUT2D eigenvalue weighted by Crippen LogP contribution is -1.97. The van der Waals surface area contributed by atoms with Gasteiger partial charge in [-0.1, -0.05) is 31.2 Å². The van der Waals surface area contributed by atoms with Crippen LogP contribution < -0.4 is 0 Å². The fraction of sp³-hybridized carbons (Fsp3) is 0.385. The average Bonchev–Trinajstić information content (AvgIpc) is 2.47. The van der Waals surface area contributed by atoms with E-state index in [1.54, 1.807) is 22.3 Å². The molecule has 13 heavy (non-hydrogen) atoms. The zero-order valence-corrected chi connectivity index (χ0v) is 8.01. The maximum atomic E-state index is 2.44. The van der Waals surface area contributed by atoms with E-state index in [4.69, 9.17) is 0 Å². The monoisotopic (exact) mass is 170 g/mol. The maximum Gasteiger partial charge on any atom is -0.0144 e. The van der Waals surface area contributed by atoms with Gasteiger partial charge in [-0.15, -0.1) is 0 Å². The van der Waals surface area contributed by atoms with Crippen molar-refractivity contribution in [2.45, 2.75) is 32.1 Å². The van der Waals surface area contributed by atoms with Crippen molar-refractivity contribution in [3.63, 3.8) is 0 Å². The molecule has 66 valence electrons. The number of aryl methyl sites for hydroxylation is 1. The molecule has 3 rings (SSSR count). The molecule has 0 amide bonds. The molecule has 1 atom stereocenters. The SMILES string of the molecule is CC1CC2=CCCc3cccc1c32. The van der Waals surface area contributed by atoms with Crippen molar-refractivity contribution in [2.75, 3.05) is 0 Å². The minimum absolute atomic E-state index is 0.749. The molecule has 0 saturated carbocycles. The second-order valence-electron chi connectivity index (χ2n) is 4.25. The van der Waals surface area contributed by atoms with E-state index >= 15 is 0 Å². The molecule has 0 bridgehead atoms. The third-order valence-electron chi connectivity index (χ3n) is 3.37. The minimum atomic E-state index is 0.749. The van der Waals surface area contributed by atoms with E-state index < -0.39 is 0 Å². The van der Waals surface area contributed by atoms with E-state index in [1.807, 2.05) is 0 Å². The van der Waals surface area contributed by atoms with Gasteiger partial charge < -0.3 is 0 Å². The summed E-state index contributed by atoms with van der Waals surface area (Å²) in [5, 5.41) is 0. The molecular formula is C13H14. The molecule has 2 aliphatic rings. The number of allylic oxidation sites excluding steroid dienone is 2. The normalized spacial score (nSPS) is 24.1. The lowest BCUT2D eigenvalue weighted by Gasteiger charge is -2.13. The summed E-state index contributed by atoms with van der Waals surface area (Å²) in [5.74, 6) is 0.749. The molecule has 1 unspecified atom stereocenters. The van der Waals surface area contributed by atoms with Crippen molar-refractivity contribution < 1.29 is 0 Å². The van der Waals surface area contributed by atoms with E-state index in [-0.39, 0.29) is 0 Å². The van der Waals surface area contributed by atoms with Crippen molar-refractivity contribution in [3.05, 3.63) is 41.0 Å². The van der Waals surface area contributed by atoms with Gasteiger partial charge in [0.2, 0.25) is 0 Å². The summed E-state index contributed by atoms with van der Waals surface area (Å²) in [6, 6.07) is 6.82. The van der Waals surface area contributed by atoms with Gasteiger partial charge in [0, 0.05) is 0 Å². The summed E-state index contributed by atoms with van der Waals surface area (Å²) in [6.07, 6.45) is 6.21. The van der Waals surface area contributed by atoms with Crippen molar-refractivity contribution in [1.29, 1.82) is 0 Å². The van der Waals surface area contributed by atoms with Gasteiger partial charge in [-0.3, -0.25) is 0 Å². The van der Waals surface area contributed by atoms with E-state index in [2.05, 4.69) is 31.2 Å². The van der Waals surface area contributed by atoms with Gasteiger partial charge >= 0.3 is 0 Å². The first kappa shape index (κ1) is 7.37. The highest BCUT2D eigenvalue weighted by Gasteiger charge is 2.26. The van der Waals surface area contributed by atoms with E-state index in [0.717, 1.165) is 5.92 Å². The Morgan fingerprint density at radius 3 is 3.15 bits per heavy atom. The maximum absolute atomic E-state index is 2.44. The molecule has 0 fully saturated rings. The van der Waals surface area contributed by atoms with Crippen LogP contribution in [0.15, 0.2) is 24.3 Å². The Morgan fingerprint density at radius 2 is 2.23 bits per heavy atom. The summed E-state index contributed by atoms with van der Waals surface area (Å²) >= 11 is 0. The molecule has 1 aromatic carbocycles. The molecule has 0 aliphatic heterocycles. The van der Waals surface area contributed by atoms with Crippen LogP contribution in [-0.4, -0.2) is 0 Å². The molecule has 0 spiro atoms. The molecule has 2 aliphatic carbocycles. The van der Waals surface area contributed by atoms with Crippen LogP contribution in [0.2, 0.25) is 0 Å². The van der Waals surface area contributed by atoms with Gasteiger partial charge in [0.1, 0.15) is 0 Å². The summed E-state index contributed by atoms with van der Waals surface area (Å²) in [7, 11) is 0. The largest absolute Gasteiger partial charge is 0.0803 e. The molecule has 0 saturated heterocycles. The first-order valence-electron chi connectivity index (χ1n) is 5.17. The summed E-state index contributed by atoms with van der Waals surface area (Å²) in [4.78, 5) is 0. The molecule has 0 heterocycles. The Bertz CT molecular complexity index is 385. The molecule has 0 radical (unpaired) electrons. The molecule has 0 N–H and O–H groups in total. The fourth-order valence-corrected chi connectivity index (χ4v) is 2.76. The standard InChI is InChI=1S/C13H14/c1-9-8-11-6-2-4-10-5-3-7-12(9)13(10)11/h3,5-7,9H,2,4,8H2,1H3. The van der Waals surface area contributed by atoms with E-state index in [9.17, 15) is 0 Å². The Labute approximate surface area is 79.3 Å². The van der Waals surface area contributed by atoms with Gasteiger partial charge in [-0.25, -0.2) is 0 Å². The first-order valence-corrected chi connectivity index (χ1v) is 5.17. The van der Waals surface area contributed by atoms with Crippen LogP contribution in [0.1, 0.15) is 42.4 Å². The molecule has 0 aromatic heterocycles. The van der Waals surface area contributed by atoms with Gasteiger partial charge in [0.25, 0.3) is 0 Å². The predicted molar refractivity (Wildman–Crippen MR) is 55.8 cm³/mol. The van der Waals surface area contributed by atoms with Gasteiger partial charge in [-0.2, -0.15) is 0 Å². The van der Waals surface area contributed by atoms with Gasteiger partial charge in [0.15, 0.2) is 0 Å². The zero-order chi connectivity index (χ0) is 8.84. The third kappa shape index (κ3) is 0.918. The van der Waals surface area contributed by atoms with Crippen molar-refractivity contribution in [3.8, 4) is 0 Å². The first-order chi connectivity index (χ1) is 6.36. The Morgan fingerprint density at radius 1 is 1.31 bits per heavy atom. The second kappa shape index (κ2) is 2.47. The lowest BCUT2D eigenvalue weighted by molar-refractivity contribution is 0.827. The molecule has 1 aromatic rings. The van der Waals surface area contributed by atoms with Crippen LogP contribution >= 0.6 is 0 Å². The highest BCUT2D eigenvalue weighted by atomic mass is 14.3. The second-order valence-corrected chi connectivity index (χ2v) is 4.25. The van der Waals surface area contributed by atoms with E-state index in [0.29, 0.717) is 0 Å². The number of hydrogen-bond donors (Lipinski definition) is 0. The topological polar surface area (TPSA) is 0 Å². The van der Waals surface area contributed by atoms with Gasteiger partial charge in [0.05, 0.1) is 0 Å². The number of benzene rings is 1. The van der Waals surface area contributed by atoms with Gasteiger partial charge in [-0.05, 0) is 47.4 Å². The Kier molecular flexibility index (Phi) is 1.40. The summed E-state index contributed by atoms with van der Waals surface area (Å²) < 4.78 is 0. The Hall–Kier alpha value is -1.04. The predicted octanol–water partition coefficient (Wildman–Crippen LogP) is 3.52. The van der Waals surface area contributed by atoms with E-state index in [1.165, 1.54) is 19.3 Å². The molecular weight excluding hydrogens is 156 g/mol. The quantitative estimate of drug-likeness (QED) is 0.559. The summed E-state index contributed by atoms with van der Waals surface area (Å²) in [5.41, 5.74) is 6.38. The van der Waals surface area contributed by atoms with Crippen molar-refractivity contribution in [1.82, 2.24) is 0 Å². The average molecular weight is 170 g/mol. The van der Waals surface area contributed by atoms with Crippen LogP contribution in [0.4, 0.5) is 0 Å². The third-order valence-corrected chi connectivity index (χ3v) is 3.37.